The Morgan fingerprint density at radius 2 is 1.80 bits per heavy atom. The Morgan fingerprint density at radius 1 is 1.12 bits per heavy atom. The van der Waals surface area contributed by atoms with E-state index in [4.69, 9.17) is 15.2 Å². The predicted octanol–water partition coefficient (Wildman–Crippen LogP) is 3.25. The number of nitrogens with one attached hydrogen (secondary N) is 1. The summed E-state index contributed by atoms with van der Waals surface area (Å²) >= 11 is 0. The lowest BCUT2D eigenvalue weighted by Crippen LogP contribution is -2.01. The van der Waals surface area contributed by atoms with Crippen molar-refractivity contribution in [2.75, 3.05) is 18.9 Å². The van der Waals surface area contributed by atoms with Crippen molar-refractivity contribution >= 4 is 27.5 Å². The van der Waals surface area contributed by atoms with Gasteiger partial charge in [0.05, 0.1) is 40.8 Å². The molecule has 25 heavy (non-hydrogen) atoms. The number of anilines is 1. The van der Waals surface area contributed by atoms with Crippen LogP contribution in [0.2, 0.25) is 0 Å². The predicted molar refractivity (Wildman–Crippen MR) is 99.4 cm³/mol. The third kappa shape index (κ3) is 3.76. The number of para-hydroxylation sites is 1. The number of aromatic amines is 1. The summed E-state index contributed by atoms with van der Waals surface area (Å²) in [6.07, 6.45) is 0. The van der Waals surface area contributed by atoms with E-state index in [9.17, 15) is 4.21 Å². The maximum Gasteiger partial charge on any atom is 0.197 e. The maximum absolute atomic E-state index is 12.7. The molecule has 0 aliphatic carbocycles. The second-order valence-electron chi connectivity index (χ2n) is 5.41. The van der Waals surface area contributed by atoms with Gasteiger partial charge in [-0.15, -0.1) is 0 Å². The smallest absolute Gasteiger partial charge is 0.197 e. The van der Waals surface area contributed by atoms with Crippen LogP contribution in [0.5, 0.6) is 11.5 Å². The zero-order valence-corrected chi connectivity index (χ0v) is 15.1. The van der Waals surface area contributed by atoms with Gasteiger partial charge in [0.25, 0.3) is 0 Å². The quantitative estimate of drug-likeness (QED) is 0.632. The number of benzene rings is 2. The molecule has 0 radical (unpaired) electrons. The molecule has 0 spiro atoms. The Hall–Kier alpha value is -2.54. The SMILES string of the molecule is CCOc1cc2nc(S(=O)Cc3ccccc3N)[nH]c2cc1OCC. The van der Waals surface area contributed by atoms with Crippen LogP contribution in [0, 0.1) is 0 Å². The fraction of sp³-hybridized carbons (Fsp3) is 0.278. The molecular formula is C18H21N3O3S. The highest BCUT2D eigenvalue weighted by Crippen LogP contribution is 2.32. The molecule has 7 heteroatoms. The van der Waals surface area contributed by atoms with Gasteiger partial charge in [-0.2, -0.15) is 0 Å². The van der Waals surface area contributed by atoms with Gasteiger partial charge in [-0.1, -0.05) is 18.2 Å². The van der Waals surface area contributed by atoms with Crippen molar-refractivity contribution in [3.8, 4) is 11.5 Å². The minimum atomic E-state index is -1.33. The summed E-state index contributed by atoms with van der Waals surface area (Å²) in [5, 5.41) is 0.411. The lowest BCUT2D eigenvalue weighted by molar-refractivity contribution is 0.288. The number of nitrogen functional groups attached to an aromatic ring is 1. The second kappa shape index (κ2) is 7.57. The van der Waals surface area contributed by atoms with E-state index >= 15 is 0 Å². The summed E-state index contributed by atoms with van der Waals surface area (Å²) in [5.74, 6) is 1.58. The molecule has 132 valence electrons. The highest BCUT2D eigenvalue weighted by Gasteiger charge is 2.15. The molecule has 3 rings (SSSR count). The van der Waals surface area contributed by atoms with Gasteiger partial charge in [0, 0.05) is 17.8 Å². The monoisotopic (exact) mass is 359 g/mol. The molecule has 0 amide bonds. The lowest BCUT2D eigenvalue weighted by Gasteiger charge is -2.10. The van der Waals surface area contributed by atoms with Gasteiger partial charge in [0.15, 0.2) is 16.7 Å². The van der Waals surface area contributed by atoms with Crippen molar-refractivity contribution in [2.24, 2.45) is 0 Å². The lowest BCUT2D eigenvalue weighted by atomic mass is 10.2. The number of imidazole rings is 1. The first-order valence-electron chi connectivity index (χ1n) is 8.13. The van der Waals surface area contributed by atoms with Crippen LogP contribution in [-0.2, 0) is 16.6 Å². The first-order chi connectivity index (χ1) is 12.1. The number of hydrogen-bond donors (Lipinski definition) is 2. The highest BCUT2D eigenvalue weighted by molar-refractivity contribution is 7.84. The molecule has 1 unspecified atom stereocenters. The van der Waals surface area contributed by atoms with E-state index in [1.807, 2.05) is 38.1 Å². The second-order valence-corrected chi connectivity index (χ2v) is 6.78. The number of ether oxygens (including phenoxy) is 2. The first kappa shape index (κ1) is 17.3. The van der Waals surface area contributed by atoms with Crippen molar-refractivity contribution < 1.29 is 13.7 Å². The van der Waals surface area contributed by atoms with Crippen molar-refractivity contribution in [2.45, 2.75) is 24.8 Å². The number of nitrogens with zero attached hydrogens (tertiary/aromatic N) is 1. The van der Waals surface area contributed by atoms with Crippen molar-refractivity contribution in [3.05, 3.63) is 42.0 Å². The average Bonchev–Trinajstić information content (AvgIpc) is 3.01. The van der Waals surface area contributed by atoms with Crippen LogP contribution in [0.25, 0.3) is 11.0 Å². The third-order valence-electron chi connectivity index (χ3n) is 3.68. The molecule has 3 aromatic rings. The van der Waals surface area contributed by atoms with Crippen LogP contribution >= 0.6 is 0 Å². The highest BCUT2D eigenvalue weighted by atomic mass is 32.2. The minimum Gasteiger partial charge on any atom is -0.490 e. The van der Waals surface area contributed by atoms with E-state index in [-0.39, 0.29) is 0 Å². The third-order valence-corrected chi connectivity index (χ3v) is 4.88. The summed E-state index contributed by atoms with van der Waals surface area (Å²) in [6.45, 7) is 4.89. The summed E-state index contributed by atoms with van der Waals surface area (Å²) in [6, 6.07) is 11.0. The van der Waals surface area contributed by atoms with Gasteiger partial charge < -0.3 is 20.2 Å². The molecule has 2 aromatic carbocycles. The molecule has 6 nitrogen and oxygen atoms in total. The molecule has 1 atom stereocenters. The molecule has 0 aliphatic rings. The first-order valence-corrected chi connectivity index (χ1v) is 9.45. The topological polar surface area (TPSA) is 90.2 Å². The van der Waals surface area contributed by atoms with Gasteiger partial charge in [-0.25, -0.2) is 4.98 Å². The Kier molecular flexibility index (Phi) is 5.23. The Morgan fingerprint density at radius 3 is 2.48 bits per heavy atom. The number of fused-ring (bicyclic) bond motifs is 1. The fourth-order valence-corrected chi connectivity index (χ4v) is 3.62. The van der Waals surface area contributed by atoms with E-state index in [1.165, 1.54) is 0 Å². The van der Waals surface area contributed by atoms with E-state index < -0.39 is 10.8 Å². The van der Waals surface area contributed by atoms with Crippen molar-refractivity contribution in [1.29, 1.82) is 0 Å². The van der Waals surface area contributed by atoms with Gasteiger partial charge in [0.2, 0.25) is 0 Å². The van der Waals surface area contributed by atoms with Gasteiger partial charge >= 0.3 is 0 Å². The summed E-state index contributed by atoms with van der Waals surface area (Å²) < 4.78 is 23.9. The van der Waals surface area contributed by atoms with Crippen LogP contribution in [-0.4, -0.2) is 27.4 Å². The molecule has 0 saturated carbocycles. The minimum absolute atomic E-state index is 0.309. The molecule has 3 N–H and O–H groups in total. The molecular weight excluding hydrogens is 338 g/mol. The normalized spacial score (nSPS) is 12.2. The number of nitrogens with two attached hydrogens (primary N) is 1. The number of aromatic nitrogens is 2. The molecule has 0 bridgehead atoms. The summed E-state index contributed by atoms with van der Waals surface area (Å²) in [5.41, 5.74) is 8.85. The van der Waals surface area contributed by atoms with Crippen LogP contribution in [0.4, 0.5) is 5.69 Å². The summed E-state index contributed by atoms with van der Waals surface area (Å²) in [4.78, 5) is 7.57. The number of H-pyrrole nitrogens is 1. The Balaban J connectivity index is 1.92. The van der Waals surface area contributed by atoms with Gasteiger partial charge in [0.1, 0.15) is 0 Å². The van der Waals surface area contributed by atoms with Crippen LogP contribution in [0.3, 0.4) is 0 Å². The Labute approximate surface area is 148 Å². The van der Waals surface area contributed by atoms with Crippen LogP contribution in [0.15, 0.2) is 41.6 Å². The molecule has 0 fully saturated rings. The molecule has 1 aromatic heterocycles. The molecule has 1 heterocycles. The van der Waals surface area contributed by atoms with Crippen molar-refractivity contribution in [1.82, 2.24) is 9.97 Å². The maximum atomic E-state index is 12.7. The fourth-order valence-electron chi connectivity index (χ4n) is 2.51. The van der Waals surface area contributed by atoms with Gasteiger partial charge in [-0.3, -0.25) is 4.21 Å². The average molecular weight is 359 g/mol. The van der Waals surface area contributed by atoms with E-state index in [2.05, 4.69) is 9.97 Å². The number of hydrogen-bond acceptors (Lipinski definition) is 5. The van der Waals surface area contributed by atoms with E-state index in [0.29, 0.717) is 46.8 Å². The van der Waals surface area contributed by atoms with Gasteiger partial charge in [-0.05, 0) is 25.5 Å². The van der Waals surface area contributed by atoms with Crippen molar-refractivity contribution in [3.63, 3.8) is 0 Å². The Bertz CT molecular complexity index is 865. The zero-order valence-electron chi connectivity index (χ0n) is 14.2. The number of rotatable bonds is 7. The van der Waals surface area contributed by atoms with E-state index in [1.54, 1.807) is 12.1 Å². The van der Waals surface area contributed by atoms with Crippen LogP contribution < -0.4 is 15.2 Å². The molecule has 0 saturated heterocycles. The molecule has 0 aliphatic heterocycles. The largest absolute Gasteiger partial charge is 0.490 e. The zero-order chi connectivity index (χ0) is 17.8. The summed E-state index contributed by atoms with van der Waals surface area (Å²) in [7, 11) is -1.33. The van der Waals surface area contributed by atoms with E-state index in [0.717, 1.165) is 11.1 Å². The standard InChI is InChI=1S/C18H21N3O3S/c1-3-23-16-9-14-15(10-17(16)24-4-2)21-18(20-14)25(22)11-12-7-5-6-8-13(12)19/h5-10H,3-4,11,19H2,1-2H3,(H,20,21). The van der Waals surface area contributed by atoms with Crippen LogP contribution in [0.1, 0.15) is 19.4 Å².